The fourth-order valence-corrected chi connectivity index (χ4v) is 4.71. The SMILES string of the molecule is COc1ccc(S(=O)(=O)N2CCN(c3cc(Nc4ccccn4)ncn3)CC2)cc1F. The number of nitrogens with zero attached hydrogens (tertiary/aromatic N) is 5. The van der Waals surface area contributed by atoms with Crippen molar-refractivity contribution < 1.29 is 17.5 Å². The molecule has 0 spiro atoms. The van der Waals surface area contributed by atoms with E-state index in [1.165, 1.54) is 29.9 Å². The van der Waals surface area contributed by atoms with Crippen LogP contribution in [0.5, 0.6) is 5.75 Å². The van der Waals surface area contributed by atoms with E-state index < -0.39 is 15.8 Å². The number of pyridine rings is 1. The lowest BCUT2D eigenvalue weighted by Crippen LogP contribution is -2.48. The molecule has 2 aromatic heterocycles. The lowest BCUT2D eigenvalue weighted by atomic mass is 10.3. The molecule has 1 fully saturated rings. The van der Waals surface area contributed by atoms with Gasteiger partial charge in [0.1, 0.15) is 23.8 Å². The van der Waals surface area contributed by atoms with Crippen LogP contribution < -0.4 is 15.0 Å². The van der Waals surface area contributed by atoms with E-state index in [1.54, 1.807) is 12.3 Å². The maximum Gasteiger partial charge on any atom is 0.243 e. The van der Waals surface area contributed by atoms with Gasteiger partial charge in [0.25, 0.3) is 0 Å². The Kier molecular flexibility index (Phi) is 5.96. The smallest absolute Gasteiger partial charge is 0.243 e. The zero-order valence-electron chi connectivity index (χ0n) is 16.8. The van der Waals surface area contributed by atoms with E-state index in [9.17, 15) is 12.8 Å². The quantitative estimate of drug-likeness (QED) is 0.618. The minimum absolute atomic E-state index is 0.00245. The summed E-state index contributed by atoms with van der Waals surface area (Å²) in [6.07, 6.45) is 3.13. The molecule has 0 aliphatic carbocycles. The second-order valence-corrected chi connectivity index (χ2v) is 8.73. The molecule has 4 rings (SSSR count). The van der Waals surface area contributed by atoms with Gasteiger partial charge in [-0.05, 0) is 30.3 Å². The predicted molar refractivity (Wildman–Crippen MR) is 113 cm³/mol. The number of benzene rings is 1. The Labute approximate surface area is 179 Å². The molecule has 1 saturated heterocycles. The van der Waals surface area contributed by atoms with Gasteiger partial charge in [0, 0.05) is 38.4 Å². The molecule has 1 aliphatic rings. The Balaban J connectivity index is 1.44. The highest BCUT2D eigenvalue weighted by atomic mass is 32.2. The molecule has 11 heteroatoms. The van der Waals surface area contributed by atoms with Crippen LogP contribution in [0.1, 0.15) is 0 Å². The number of ether oxygens (including phenoxy) is 1. The van der Waals surface area contributed by atoms with Crippen molar-refractivity contribution in [2.24, 2.45) is 0 Å². The molecule has 9 nitrogen and oxygen atoms in total. The van der Waals surface area contributed by atoms with Crippen LogP contribution in [-0.2, 0) is 10.0 Å². The highest BCUT2D eigenvalue weighted by Gasteiger charge is 2.29. The van der Waals surface area contributed by atoms with Gasteiger partial charge in [0.05, 0.1) is 12.0 Å². The van der Waals surface area contributed by atoms with Gasteiger partial charge in [-0.15, -0.1) is 0 Å². The van der Waals surface area contributed by atoms with Gasteiger partial charge in [-0.3, -0.25) is 0 Å². The van der Waals surface area contributed by atoms with Crippen LogP contribution in [0.25, 0.3) is 0 Å². The molecule has 0 atom stereocenters. The number of aromatic nitrogens is 3. The van der Waals surface area contributed by atoms with Gasteiger partial charge in [-0.2, -0.15) is 4.31 Å². The number of nitrogens with one attached hydrogen (secondary N) is 1. The van der Waals surface area contributed by atoms with E-state index in [0.29, 0.717) is 30.5 Å². The molecule has 0 bridgehead atoms. The van der Waals surface area contributed by atoms with E-state index in [2.05, 4.69) is 20.3 Å². The number of hydrogen-bond acceptors (Lipinski definition) is 8. The van der Waals surface area contributed by atoms with Gasteiger partial charge in [0.2, 0.25) is 10.0 Å². The summed E-state index contributed by atoms with van der Waals surface area (Å²) in [4.78, 5) is 14.6. The highest BCUT2D eigenvalue weighted by molar-refractivity contribution is 7.89. The number of sulfonamides is 1. The second kappa shape index (κ2) is 8.82. The van der Waals surface area contributed by atoms with Gasteiger partial charge >= 0.3 is 0 Å². The number of halogens is 1. The molecule has 0 unspecified atom stereocenters. The maximum atomic E-state index is 14.0. The first-order valence-corrected chi connectivity index (χ1v) is 11.0. The lowest BCUT2D eigenvalue weighted by molar-refractivity contribution is 0.379. The van der Waals surface area contributed by atoms with E-state index >= 15 is 0 Å². The zero-order valence-corrected chi connectivity index (χ0v) is 17.6. The van der Waals surface area contributed by atoms with Crippen LogP contribution >= 0.6 is 0 Å². The summed E-state index contributed by atoms with van der Waals surface area (Å²) in [5, 5.41) is 3.11. The van der Waals surface area contributed by atoms with Gasteiger partial charge in [-0.25, -0.2) is 27.8 Å². The lowest BCUT2D eigenvalue weighted by Gasteiger charge is -2.34. The summed E-state index contributed by atoms with van der Waals surface area (Å²) in [5.41, 5.74) is 0. The van der Waals surface area contributed by atoms with Crippen molar-refractivity contribution in [1.82, 2.24) is 19.3 Å². The summed E-state index contributed by atoms with van der Waals surface area (Å²) in [6.45, 7) is 1.39. The molecule has 1 aromatic carbocycles. The number of piperazine rings is 1. The summed E-state index contributed by atoms with van der Waals surface area (Å²) in [5.74, 6) is 1.22. The van der Waals surface area contributed by atoms with Crippen LogP contribution in [-0.4, -0.2) is 61.0 Å². The first kappa shape index (κ1) is 20.9. The minimum atomic E-state index is -3.81. The highest BCUT2D eigenvalue weighted by Crippen LogP contribution is 2.25. The normalized spacial score (nSPS) is 15.0. The first-order chi connectivity index (χ1) is 15.0. The van der Waals surface area contributed by atoms with Crippen molar-refractivity contribution in [3.63, 3.8) is 0 Å². The van der Waals surface area contributed by atoms with Crippen molar-refractivity contribution in [3.05, 3.63) is 60.8 Å². The monoisotopic (exact) mass is 444 g/mol. The molecule has 1 N–H and O–H groups in total. The number of hydrogen-bond donors (Lipinski definition) is 1. The van der Waals surface area contributed by atoms with Crippen LogP contribution in [0.4, 0.5) is 21.8 Å². The van der Waals surface area contributed by atoms with Crippen molar-refractivity contribution in [3.8, 4) is 5.75 Å². The number of methoxy groups -OCH3 is 1. The van der Waals surface area contributed by atoms with E-state index in [0.717, 1.165) is 6.07 Å². The van der Waals surface area contributed by atoms with Crippen molar-refractivity contribution in [2.75, 3.05) is 43.5 Å². The van der Waals surface area contributed by atoms with Crippen LogP contribution in [0.3, 0.4) is 0 Å². The maximum absolute atomic E-state index is 14.0. The predicted octanol–water partition coefficient (Wildman–Crippen LogP) is 2.27. The van der Waals surface area contributed by atoms with Crippen molar-refractivity contribution in [2.45, 2.75) is 4.90 Å². The molecular weight excluding hydrogens is 423 g/mol. The third kappa shape index (κ3) is 4.57. The second-order valence-electron chi connectivity index (χ2n) is 6.79. The Morgan fingerprint density at radius 1 is 1.00 bits per heavy atom. The third-order valence-corrected chi connectivity index (χ3v) is 6.79. The van der Waals surface area contributed by atoms with Crippen molar-refractivity contribution in [1.29, 1.82) is 0 Å². The van der Waals surface area contributed by atoms with Gasteiger partial charge in [0.15, 0.2) is 11.6 Å². The summed E-state index contributed by atoms with van der Waals surface area (Å²) < 4.78 is 46.0. The van der Waals surface area contributed by atoms with Crippen LogP contribution in [0, 0.1) is 5.82 Å². The Hall–Kier alpha value is -3.31. The summed E-state index contributed by atoms with van der Waals surface area (Å²) in [7, 11) is -2.48. The molecule has 31 heavy (non-hydrogen) atoms. The summed E-state index contributed by atoms with van der Waals surface area (Å²) in [6, 6.07) is 11.0. The Morgan fingerprint density at radius 2 is 1.81 bits per heavy atom. The molecule has 0 saturated carbocycles. The standard InChI is InChI=1S/C20H21FN6O3S/c1-30-17-6-5-15(12-16(17)21)31(28,29)27-10-8-26(9-11-27)20-13-19(23-14-24-20)25-18-4-2-3-7-22-18/h2-7,12-14H,8-11H2,1H3,(H,22,23,24,25). The Morgan fingerprint density at radius 3 is 2.48 bits per heavy atom. The number of rotatable bonds is 6. The largest absolute Gasteiger partial charge is 0.494 e. The average molecular weight is 444 g/mol. The Bertz CT molecular complexity index is 1150. The summed E-state index contributed by atoms with van der Waals surface area (Å²) >= 11 is 0. The topological polar surface area (TPSA) is 101 Å². The molecule has 162 valence electrons. The third-order valence-electron chi connectivity index (χ3n) is 4.90. The minimum Gasteiger partial charge on any atom is -0.494 e. The molecule has 0 radical (unpaired) electrons. The number of anilines is 3. The van der Waals surface area contributed by atoms with E-state index in [4.69, 9.17) is 4.74 Å². The molecule has 0 amide bonds. The van der Waals surface area contributed by atoms with E-state index in [-0.39, 0.29) is 23.7 Å². The van der Waals surface area contributed by atoms with Crippen LogP contribution in [0.15, 0.2) is 59.9 Å². The fourth-order valence-electron chi connectivity index (χ4n) is 3.27. The van der Waals surface area contributed by atoms with Gasteiger partial charge < -0.3 is 15.0 Å². The first-order valence-electron chi connectivity index (χ1n) is 9.56. The molecular formula is C20H21FN6O3S. The molecule has 3 aromatic rings. The van der Waals surface area contributed by atoms with Crippen LogP contribution in [0.2, 0.25) is 0 Å². The average Bonchev–Trinajstić information content (AvgIpc) is 2.80. The van der Waals surface area contributed by atoms with Crippen molar-refractivity contribution >= 4 is 27.5 Å². The van der Waals surface area contributed by atoms with Gasteiger partial charge in [-0.1, -0.05) is 6.07 Å². The van der Waals surface area contributed by atoms with E-state index in [1.807, 2.05) is 23.1 Å². The molecule has 3 heterocycles. The molecule has 1 aliphatic heterocycles. The zero-order chi connectivity index (χ0) is 21.8. The fraction of sp³-hybridized carbons (Fsp3) is 0.250.